The summed E-state index contributed by atoms with van der Waals surface area (Å²) in [5.74, 6) is 6.61. The van der Waals surface area contributed by atoms with E-state index < -0.39 is 0 Å². The van der Waals surface area contributed by atoms with Crippen molar-refractivity contribution in [1.82, 2.24) is 0 Å². The van der Waals surface area contributed by atoms with Crippen LogP contribution in [0.5, 0.6) is 0 Å². The molecule has 0 aliphatic heterocycles. The summed E-state index contributed by atoms with van der Waals surface area (Å²) in [7, 11) is 0. The number of benzene rings is 3. The van der Waals surface area contributed by atoms with Gasteiger partial charge in [-0.25, -0.2) is 0 Å². The average Bonchev–Trinajstić information content (AvgIpc) is 2.72. The van der Waals surface area contributed by atoms with Crippen LogP contribution in [0.15, 0.2) is 66.7 Å². The Labute approximate surface area is 170 Å². The molecular weight excluding hydrogens is 336 g/mol. The van der Waals surface area contributed by atoms with Gasteiger partial charge in [0.05, 0.1) is 0 Å². The third kappa shape index (κ3) is 5.37. The number of unbranched alkanes of at least 4 members (excludes halogenated alkanes) is 1. The third-order valence-electron chi connectivity index (χ3n) is 5.15. The predicted molar refractivity (Wildman–Crippen MR) is 122 cm³/mol. The Kier molecular flexibility index (Phi) is 7.10. The molecule has 0 bridgehead atoms. The Bertz CT molecular complexity index is 948. The Balaban J connectivity index is 1.74. The standard InChI is InChI=1S/C28H30/c1-4-6-8-24-15-18-27(19-16-24)28-20-17-26(21-22(28)3)14-13-25-11-9-23(7-5-2)10-12-25/h9-12,15-21H,4-8H2,1-3H3. The van der Waals surface area contributed by atoms with Crippen molar-refractivity contribution in [2.45, 2.75) is 52.9 Å². The van der Waals surface area contributed by atoms with Crippen molar-refractivity contribution in [3.8, 4) is 23.0 Å². The molecule has 0 spiro atoms. The van der Waals surface area contributed by atoms with Crippen LogP contribution in [-0.4, -0.2) is 0 Å². The maximum absolute atomic E-state index is 3.31. The van der Waals surface area contributed by atoms with Gasteiger partial charge in [0.2, 0.25) is 0 Å². The fourth-order valence-corrected chi connectivity index (χ4v) is 3.48. The molecular formula is C28H30. The molecule has 0 heterocycles. The lowest BCUT2D eigenvalue weighted by Gasteiger charge is -2.08. The molecule has 0 saturated carbocycles. The van der Waals surface area contributed by atoms with E-state index in [-0.39, 0.29) is 0 Å². The highest BCUT2D eigenvalue weighted by atomic mass is 14.1. The van der Waals surface area contributed by atoms with Gasteiger partial charge in [0, 0.05) is 11.1 Å². The first-order valence-electron chi connectivity index (χ1n) is 10.5. The van der Waals surface area contributed by atoms with E-state index >= 15 is 0 Å². The lowest BCUT2D eigenvalue weighted by molar-refractivity contribution is 0.795. The highest BCUT2D eigenvalue weighted by Gasteiger charge is 2.03. The van der Waals surface area contributed by atoms with Crippen LogP contribution < -0.4 is 0 Å². The van der Waals surface area contributed by atoms with E-state index in [2.05, 4.69) is 99.3 Å². The summed E-state index contributed by atoms with van der Waals surface area (Å²) >= 11 is 0. The molecule has 0 saturated heterocycles. The molecule has 3 aromatic rings. The quantitative estimate of drug-likeness (QED) is 0.400. The number of hydrogen-bond donors (Lipinski definition) is 0. The van der Waals surface area contributed by atoms with Crippen LogP contribution in [0.2, 0.25) is 0 Å². The molecule has 0 unspecified atom stereocenters. The zero-order valence-corrected chi connectivity index (χ0v) is 17.4. The van der Waals surface area contributed by atoms with E-state index in [1.54, 1.807) is 0 Å². The van der Waals surface area contributed by atoms with Gasteiger partial charge in [0.15, 0.2) is 0 Å². The fourth-order valence-electron chi connectivity index (χ4n) is 3.48. The summed E-state index contributed by atoms with van der Waals surface area (Å²) in [5.41, 5.74) is 8.79. The van der Waals surface area contributed by atoms with Crippen molar-refractivity contribution in [3.63, 3.8) is 0 Å². The Morgan fingerprint density at radius 3 is 1.89 bits per heavy atom. The highest BCUT2D eigenvalue weighted by Crippen LogP contribution is 2.25. The van der Waals surface area contributed by atoms with E-state index in [0.29, 0.717) is 0 Å². The van der Waals surface area contributed by atoms with Crippen LogP contribution in [0.25, 0.3) is 11.1 Å². The Morgan fingerprint density at radius 1 is 0.643 bits per heavy atom. The minimum Gasteiger partial charge on any atom is -0.0654 e. The molecule has 0 atom stereocenters. The first-order valence-corrected chi connectivity index (χ1v) is 10.5. The van der Waals surface area contributed by atoms with E-state index in [1.807, 2.05) is 0 Å². The monoisotopic (exact) mass is 366 g/mol. The summed E-state index contributed by atoms with van der Waals surface area (Å²) in [6, 6.07) is 24.2. The van der Waals surface area contributed by atoms with Crippen LogP contribution in [0.4, 0.5) is 0 Å². The van der Waals surface area contributed by atoms with Crippen LogP contribution >= 0.6 is 0 Å². The molecule has 28 heavy (non-hydrogen) atoms. The largest absolute Gasteiger partial charge is 0.0654 e. The topological polar surface area (TPSA) is 0 Å². The Hall–Kier alpha value is -2.78. The normalized spacial score (nSPS) is 10.4. The third-order valence-corrected chi connectivity index (χ3v) is 5.15. The molecule has 142 valence electrons. The summed E-state index contributed by atoms with van der Waals surface area (Å²) < 4.78 is 0. The second kappa shape index (κ2) is 9.95. The minimum atomic E-state index is 1.07. The Morgan fingerprint density at radius 2 is 1.25 bits per heavy atom. The second-order valence-corrected chi connectivity index (χ2v) is 7.53. The number of rotatable bonds is 6. The smallest absolute Gasteiger partial charge is 0.0252 e. The van der Waals surface area contributed by atoms with Crippen molar-refractivity contribution in [3.05, 3.63) is 94.5 Å². The zero-order valence-electron chi connectivity index (χ0n) is 17.4. The van der Waals surface area contributed by atoms with Gasteiger partial charge in [0.25, 0.3) is 0 Å². The summed E-state index contributed by atoms with van der Waals surface area (Å²) in [5, 5.41) is 0. The van der Waals surface area contributed by atoms with Gasteiger partial charge in [-0.1, -0.05) is 81.0 Å². The number of hydrogen-bond acceptors (Lipinski definition) is 0. The maximum atomic E-state index is 3.31. The molecule has 0 nitrogen and oxygen atoms in total. The van der Waals surface area contributed by atoms with Crippen LogP contribution in [0.1, 0.15) is 60.9 Å². The molecule has 0 fully saturated rings. The molecule has 0 aliphatic carbocycles. The highest BCUT2D eigenvalue weighted by molar-refractivity contribution is 5.68. The van der Waals surface area contributed by atoms with Gasteiger partial charge < -0.3 is 0 Å². The molecule has 0 radical (unpaired) electrons. The van der Waals surface area contributed by atoms with E-state index in [9.17, 15) is 0 Å². The van der Waals surface area contributed by atoms with Crippen molar-refractivity contribution < 1.29 is 0 Å². The van der Waals surface area contributed by atoms with Crippen LogP contribution in [0, 0.1) is 18.8 Å². The molecule has 3 rings (SSSR count). The van der Waals surface area contributed by atoms with Gasteiger partial charge in [0.1, 0.15) is 0 Å². The molecule has 0 amide bonds. The second-order valence-electron chi connectivity index (χ2n) is 7.53. The maximum Gasteiger partial charge on any atom is 0.0252 e. The van der Waals surface area contributed by atoms with Gasteiger partial charge >= 0.3 is 0 Å². The average molecular weight is 367 g/mol. The molecule has 0 aromatic heterocycles. The van der Waals surface area contributed by atoms with Crippen LogP contribution in [-0.2, 0) is 12.8 Å². The zero-order chi connectivity index (χ0) is 19.8. The first kappa shape index (κ1) is 20.0. The van der Waals surface area contributed by atoms with Crippen molar-refractivity contribution >= 4 is 0 Å². The van der Waals surface area contributed by atoms with E-state index in [0.717, 1.165) is 17.5 Å². The van der Waals surface area contributed by atoms with Gasteiger partial charge in [-0.15, -0.1) is 0 Å². The van der Waals surface area contributed by atoms with Crippen molar-refractivity contribution in [2.75, 3.05) is 0 Å². The van der Waals surface area contributed by atoms with Crippen molar-refractivity contribution in [1.29, 1.82) is 0 Å². The minimum absolute atomic E-state index is 1.07. The molecule has 0 N–H and O–H groups in total. The van der Waals surface area contributed by atoms with Gasteiger partial charge in [-0.2, -0.15) is 0 Å². The lowest BCUT2D eigenvalue weighted by Crippen LogP contribution is -1.88. The SMILES string of the molecule is CCCCc1ccc(-c2ccc(C#Cc3ccc(CCC)cc3)cc2C)cc1. The lowest BCUT2D eigenvalue weighted by atomic mass is 9.97. The summed E-state index contributed by atoms with van der Waals surface area (Å²) in [6.45, 7) is 6.62. The molecule has 0 aliphatic rings. The molecule has 0 heteroatoms. The number of aryl methyl sites for hydroxylation is 3. The predicted octanol–water partition coefficient (Wildman–Crippen LogP) is 7.36. The van der Waals surface area contributed by atoms with E-state index in [1.165, 1.54) is 53.5 Å². The van der Waals surface area contributed by atoms with Crippen molar-refractivity contribution in [2.24, 2.45) is 0 Å². The van der Waals surface area contributed by atoms with Gasteiger partial charge in [-0.05, 0) is 78.3 Å². The molecule has 3 aromatic carbocycles. The van der Waals surface area contributed by atoms with E-state index in [4.69, 9.17) is 0 Å². The van der Waals surface area contributed by atoms with Crippen LogP contribution in [0.3, 0.4) is 0 Å². The summed E-state index contributed by atoms with van der Waals surface area (Å²) in [4.78, 5) is 0. The van der Waals surface area contributed by atoms with Gasteiger partial charge in [-0.3, -0.25) is 0 Å². The summed E-state index contributed by atoms with van der Waals surface area (Å²) in [6.07, 6.45) is 5.98. The first-order chi connectivity index (χ1) is 13.7. The fraction of sp³-hybridized carbons (Fsp3) is 0.286.